The largest absolute Gasteiger partial charge is 0.323 e. The molecule has 0 unspecified atom stereocenters. The molecular formula is C11H12N4O. The Hall–Kier alpha value is -2.17. The third-order valence-corrected chi connectivity index (χ3v) is 2.15. The van der Waals surface area contributed by atoms with E-state index >= 15 is 0 Å². The Morgan fingerprint density at radius 2 is 2.38 bits per heavy atom. The lowest BCUT2D eigenvalue weighted by atomic mass is 10.1. The van der Waals surface area contributed by atoms with E-state index in [1.807, 2.05) is 12.1 Å². The molecule has 0 bridgehead atoms. The molecule has 2 aromatic rings. The molecule has 5 nitrogen and oxygen atoms in total. The Morgan fingerprint density at radius 3 is 3.06 bits per heavy atom. The van der Waals surface area contributed by atoms with Crippen LogP contribution in [0.4, 0.5) is 5.69 Å². The van der Waals surface area contributed by atoms with E-state index in [1.54, 1.807) is 24.8 Å². The molecule has 0 aromatic carbocycles. The number of rotatable bonds is 4. The van der Waals surface area contributed by atoms with Crippen LogP contribution in [-0.2, 0) is 11.2 Å². The molecule has 0 aliphatic heterocycles. The lowest BCUT2D eigenvalue weighted by Gasteiger charge is -2.01. The van der Waals surface area contributed by atoms with Gasteiger partial charge in [0.1, 0.15) is 0 Å². The Morgan fingerprint density at radius 1 is 1.44 bits per heavy atom. The summed E-state index contributed by atoms with van der Waals surface area (Å²) in [6.45, 7) is 0. The SMILES string of the molecule is O=C(CCc1cccnc1)Nc1cn[nH]c1. The van der Waals surface area contributed by atoms with Crippen molar-refractivity contribution in [2.45, 2.75) is 12.8 Å². The van der Waals surface area contributed by atoms with Gasteiger partial charge in [0.15, 0.2) is 0 Å². The minimum atomic E-state index is -0.0229. The molecule has 0 radical (unpaired) electrons. The molecule has 0 spiro atoms. The fraction of sp³-hybridized carbons (Fsp3) is 0.182. The molecule has 0 aliphatic carbocycles. The number of carbonyl (C=O) groups excluding carboxylic acids is 1. The number of hydrogen-bond donors (Lipinski definition) is 2. The number of pyridine rings is 1. The van der Waals surface area contributed by atoms with Crippen molar-refractivity contribution in [2.24, 2.45) is 0 Å². The molecule has 0 saturated heterocycles. The number of nitrogens with one attached hydrogen (secondary N) is 2. The Labute approximate surface area is 92.9 Å². The van der Waals surface area contributed by atoms with Crippen molar-refractivity contribution in [1.29, 1.82) is 0 Å². The van der Waals surface area contributed by atoms with Crippen molar-refractivity contribution in [3.63, 3.8) is 0 Å². The highest BCUT2D eigenvalue weighted by atomic mass is 16.1. The Kier molecular flexibility index (Phi) is 3.28. The molecule has 82 valence electrons. The van der Waals surface area contributed by atoms with Gasteiger partial charge in [0, 0.05) is 25.0 Å². The fourth-order valence-electron chi connectivity index (χ4n) is 1.35. The maximum absolute atomic E-state index is 11.5. The molecule has 1 amide bonds. The summed E-state index contributed by atoms with van der Waals surface area (Å²) in [4.78, 5) is 15.5. The van der Waals surface area contributed by atoms with Gasteiger partial charge in [-0.25, -0.2) is 0 Å². The summed E-state index contributed by atoms with van der Waals surface area (Å²) in [7, 11) is 0. The zero-order chi connectivity index (χ0) is 11.2. The van der Waals surface area contributed by atoms with Gasteiger partial charge in [0.05, 0.1) is 11.9 Å². The summed E-state index contributed by atoms with van der Waals surface area (Å²) in [5.41, 5.74) is 1.75. The van der Waals surface area contributed by atoms with Crippen molar-refractivity contribution in [2.75, 3.05) is 5.32 Å². The van der Waals surface area contributed by atoms with Crippen LogP contribution in [0.2, 0.25) is 0 Å². The van der Waals surface area contributed by atoms with Crippen molar-refractivity contribution >= 4 is 11.6 Å². The average molecular weight is 216 g/mol. The van der Waals surface area contributed by atoms with Crippen LogP contribution in [0.15, 0.2) is 36.9 Å². The fourth-order valence-corrected chi connectivity index (χ4v) is 1.35. The predicted molar refractivity (Wildman–Crippen MR) is 59.8 cm³/mol. The van der Waals surface area contributed by atoms with Crippen molar-refractivity contribution in [3.05, 3.63) is 42.5 Å². The molecule has 5 heteroatoms. The first-order valence-electron chi connectivity index (χ1n) is 5.02. The number of aromatic nitrogens is 3. The van der Waals surface area contributed by atoms with Crippen molar-refractivity contribution in [1.82, 2.24) is 15.2 Å². The Balaban J connectivity index is 1.80. The molecule has 0 saturated carbocycles. The van der Waals surface area contributed by atoms with Gasteiger partial charge in [-0.1, -0.05) is 6.07 Å². The second kappa shape index (κ2) is 5.06. The number of hydrogen-bond acceptors (Lipinski definition) is 3. The minimum Gasteiger partial charge on any atom is -0.323 e. The van der Waals surface area contributed by atoms with Crippen molar-refractivity contribution < 1.29 is 4.79 Å². The molecule has 0 aliphatic rings. The van der Waals surface area contributed by atoms with Gasteiger partial charge in [-0.15, -0.1) is 0 Å². The van der Waals surface area contributed by atoms with E-state index in [2.05, 4.69) is 20.5 Å². The molecule has 0 atom stereocenters. The lowest BCUT2D eigenvalue weighted by molar-refractivity contribution is -0.116. The van der Waals surface area contributed by atoms with E-state index in [4.69, 9.17) is 0 Å². The highest BCUT2D eigenvalue weighted by molar-refractivity contribution is 5.90. The van der Waals surface area contributed by atoms with E-state index in [-0.39, 0.29) is 5.91 Å². The standard InChI is InChI=1S/C11H12N4O/c16-11(15-10-7-13-14-8-10)4-3-9-2-1-5-12-6-9/h1-2,5-8H,3-4H2,(H,13,14)(H,15,16). The van der Waals surface area contributed by atoms with Gasteiger partial charge in [-0.05, 0) is 18.1 Å². The summed E-state index contributed by atoms with van der Waals surface area (Å²) in [6, 6.07) is 3.82. The van der Waals surface area contributed by atoms with Crippen LogP contribution >= 0.6 is 0 Å². The molecule has 2 aromatic heterocycles. The van der Waals surface area contributed by atoms with E-state index in [1.165, 1.54) is 0 Å². The summed E-state index contributed by atoms with van der Waals surface area (Å²) in [5, 5.41) is 9.12. The van der Waals surface area contributed by atoms with Crippen molar-refractivity contribution in [3.8, 4) is 0 Å². The first-order chi connectivity index (χ1) is 7.84. The van der Waals surface area contributed by atoms with Crippen LogP contribution in [0.3, 0.4) is 0 Å². The second-order valence-corrected chi connectivity index (χ2v) is 3.40. The normalized spacial score (nSPS) is 10.0. The topological polar surface area (TPSA) is 70.7 Å². The maximum Gasteiger partial charge on any atom is 0.224 e. The van der Waals surface area contributed by atoms with Crippen LogP contribution in [0.5, 0.6) is 0 Å². The van der Waals surface area contributed by atoms with Crippen LogP contribution in [0.1, 0.15) is 12.0 Å². The second-order valence-electron chi connectivity index (χ2n) is 3.40. The number of carbonyl (C=O) groups is 1. The summed E-state index contributed by atoms with van der Waals surface area (Å²) >= 11 is 0. The number of H-pyrrole nitrogens is 1. The quantitative estimate of drug-likeness (QED) is 0.811. The average Bonchev–Trinajstić information content (AvgIpc) is 2.81. The summed E-state index contributed by atoms with van der Waals surface area (Å²) in [6.07, 6.45) is 7.83. The van der Waals surface area contributed by atoms with Gasteiger partial charge in [0.25, 0.3) is 0 Å². The number of anilines is 1. The highest BCUT2D eigenvalue weighted by Crippen LogP contribution is 2.04. The number of amides is 1. The smallest absolute Gasteiger partial charge is 0.224 e. The Bertz CT molecular complexity index is 438. The van der Waals surface area contributed by atoms with Crippen LogP contribution in [0, 0.1) is 0 Å². The van der Waals surface area contributed by atoms with Gasteiger partial charge in [-0.2, -0.15) is 5.10 Å². The lowest BCUT2D eigenvalue weighted by Crippen LogP contribution is -2.11. The molecule has 2 heterocycles. The predicted octanol–water partition coefficient (Wildman–Crippen LogP) is 1.38. The van der Waals surface area contributed by atoms with Gasteiger partial charge in [0.2, 0.25) is 5.91 Å². The van der Waals surface area contributed by atoms with E-state index in [0.717, 1.165) is 5.56 Å². The zero-order valence-electron chi connectivity index (χ0n) is 8.68. The molecule has 0 fully saturated rings. The van der Waals surface area contributed by atoms with E-state index in [0.29, 0.717) is 18.5 Å². The summed E-state index contributed by atoms with van der Waals surface area (Å²) < 4.78 is 0. The van der Waals surface area contributed by atoms with E-state index < -0.39 is 0 Å². The van der Waals surface area contributed by atoms with Crippen LogP contribution < -0.4 is 5.32 Å². The van der Waals surface area contributed by atoms with Gasteiger partial charge < -0.3 is 5.32 Å². The maximum atomic E-state index is 11.5. The monoisotopic (exact) mass is 216 g/mol. The first kappa shape index (κ1) is 10.4. The van der Waals surface area contributed by atoms with Crippen LogP contribution in [0.25, 0.3) is 0 Å². The summed E-state index contributed by atoms with van der Waals surface area (Å²) in [5.74, 6) is -0.0229. The molecule has 2 rings (SSSR count). The molecular weight excluding hydrogens is 204 g/mol. The number of aromatic amines is 1. The van der Waals surface area contributed by atoms with Crippen LogP contribution in [-0.4, -0.2) is 21.1 Å². The number of aryl methyl sites for hydroxylation is 1. The number of nitrogens with zero attached hydrogens (tertiary/aromatic N) is 2. The molecule has 2 N–H and O–H groups in total. The van der Waals surface area contributed by atoms with Gasteiger partial charge in [-0.3, -0.25) is 14.9 Å². The third kappa shape index (κ3) is 2.91. The van der Waals surface area contributed by atoms with E-state index in [9.17, 15) is 4.79 Å². The molecule has 16 heavy (non-hydrogen) atoms. The first-order valence-corrected chi connectivity index (χ1v) is 5.02. The minimum absolute atomic E-state index is 0.0229. The third-order valence-electron chi connectivity index (χ3n) is 2.15. The van der Waals surface area contributed by atoms with Gasteiger partial charge >= 0.3 is 0 Å². The zero-order valence-corrected chi connectivity index (χ0v) is 8.68. The highest BCUT2D eigenvalue weighted by Gasteiger charge is 2.03.